The lowest BCUT2D eigenvalue weighted by Gasteiger charge is -2.22. The molecule has 4 nitrogen and oxygen atoms in total. The molecule has 2 N–H and O–H groups in total. The van der Waals surface area contributed by atoms with Gasteiger partial charge in [-0.2, -0.15) is 0 Å². The lowest BCUT2D eigenvalue weighted by atomic mass is 9.86. The van der Waals surface area contributed by atoms with Crippen LogP contribution in [-0.2, 0) is 0 Å². The molecule has 0 spiro atoms. The summed E-state index contributed by atoms with van der Waals surface area (Å²) in [4.78, 5) is 10.6. The van der Waals surface area contributed by atoms with Crippen molar-refractivity contribution in [3.05, 3.63) is 168 Å². The molecule has 1 unspecified atom stereocenters. The maximum Gasteiger partial charge on any atom is 0.160 e. The first-order chi connectivity index (χ1) is 22.3. The number of anilines is 1. The van der Waals surface area contributed by atoms with E-state index in [0.29, 0.717) is 0 Å². The van der Waals surface area contributed by atoms with Gasteiger partial charge in [-0.05, 0) is 29.3 Å². The first-order valence-electron chi connectivity index (χ1n) is 15.3. The van der Waals surface area contributed by atoms with Crippen LogP contribution < -0.4 is 5.73 Å². The van der Waals surface area contributed by atoms with Gasteiger partial charge in [-0.25, -0.2) is 9.97 Å². The van der Waals surface area contributed by atoms with Gasteiger partial charge in [0.05, 0.1) is 33.8 Å². The molecule has 2 heterocycles. The van der Waals surface area contributed by atoms with E-state index in [1.165, 1.54) is 16.5 Å². The highest BCUT2D eigenvalue weighted by atomic mass is 15.0. The number of hydrogen-bond donors (Lipinski definition) is 1. The summed E-state index contributed by atoms with van der Waals surface area (Å²) in [6.07, 6.45) is 0. The molecule has 1 atom stereocenters. The van der Waals surface area contributed by atoms with E-state index < -0.39 is 0 Å². The summed E-state index contributed by atoms with van der Waals surface area (Å²) in [5.74, 6) is 0.640. The average Bonchev–Trinajstić information content (AvgIpc) is 3.62. The van der Waals surface area contributed by atoms with Gasteiger partial charge >= 0.3 is 0 Å². The molecule has 45 heavy (non-hydrogen) atoms. The molecule has 6 aromatic carbocycles. The summed E-state index contributed by atoms with van der Waals surface area (Å²) < 4.78 is 2.34. The minimum absolute atomic E-state index is 0.0893. The number of benzene rings is 6. The molecular formula is C41H28N4. The minimum atomic E-state index is -0.0893. The van der Waals surface area contributed by atoms with Crippen molar-refractivity contribution >= 4 is 27.5 Å². The van der Waals surface area contributed by atoms with Crippen LogP contribution in [0.15, 0.2) is 152 Å². The normalized spacial score (nSPS) is 13.6. The van der Waals surface area contributed by atoms with Crippen molar-refractivity contribution in [3.8, 4) is 39.6 Å². The van der Waals surface area contributed by atoms with Gasteiger partial charge in [-0.15, -0.1) is 0 Å². The summed E-state index contributed by atoms with van der Waals surface area (Å²) in [6, 6.07) is 53.0. The van der Waals surface area contributed by atoms with E-state index >= 15 is 0 Å². The van der Waals surface area contributed by atoms with Crippen molar-refractivity contribution < 1.29 is 0 Å². The van der Waals surface area contributed by atoms with E-state index in [0.717, 1.165) is 67.3 Å². The first-order valence-corrected chi connectivity index (χ1v) is 15.3. The Hall–Kier alpha value is -6.00. The molecule has 2 aromatic heterocycles. The second kappa shape index (κ2) is 10.0. The number of hydrogen-bond acceptors (Lipinski definition) is 3. The summed E-state index contributed by atoms with van der Waals surface area (Å²) in [5.41, 5.74) is 19.5. The Bertz CT molecular complexity index is 2390. The van der Waals surface area contributed by atoms with E-state index in [1.54, 1.807) is 0 Å². The molecule has 0 saturated heterocycles. The van der Waals surface area contributed by atoms with Crippen LogP contribution in [0.1, 0.15) is 22.6 Å². The van der Waals surface area contributed by atoms with E-state index in [2.05, 4.69) is 126 Å². The zero-order chi connectivity index (χ0) is 29.9. The Kier molecular flexibility index (Phi) is 5.69. The predicted octanol–water partition coefficient (Wildman–Crippen LogP) is 9.65. The minimum Gasteiger partial charge on any atom is -0.397 e. The fourth-order valence-corrected chi connectivity index (χ4v) is 7.15. The molecule has 0 saturated carbocycles. The van der Waals surface area contributed by atoms with E-state index in [9.17, 15) is 0 Å². The summed E-state index contributed by atoms with van der Waals surface area (Å²) in [7, 11) is 0. The van der Waals surface area contributed by atoms with Crippen LogP contribution in [0.25, 0.3) is 61.4 Å². The van der Waals surface area contributed by atoms with E-state index in [4.69, 9.17) is 15.7 Å². The van der Waals surface area contributed by atoms with Gasteiger partial charge in [0.1, 0.15) is 0 Å². The molecule has 1 aliphatic carbocycles. The summed E-state index contributed by atoms with van der Waals surface area (Å²) in [6.45, 7) is 0. The average molecular weight is 577 g/mol. The van der Waals surface area contributed by atoms with Gasteiger partial charge in [-0.3, -0.25) is 0 Å². The lowest BCUT2D eigenvalue weighted by Crippen LogP contribution is -2.09. The number of nitrogens with two attached hydrogens (primary N) is 1. The molecule has 4 heteroatoms. The van der Waals surface area contributed by atoms with Crippen LogP contribution in [-0.4, -0.2) is 14.5 Å². The van der Waals surface area contributed by atoms with E-state index in [1.807, 2.05) is 30.3 Å². The molecular weight excluding hydrogens is 548 g/mol. The molecule has 0 amide bonds. The van der Waals surface area contributed by atoms with Crippen molar-refractivity contribution in [1.29, 1.82) is 0 Å². The Morgan fingerprint density at radius 3 is 1.96 bits per heavy atom. The van der Waals surface area contributed by atoms with Crippen LogP contribution >= 0.6 is 0 Å². The van der Waals surface area contributed by atoms with Crippen molar-refractivity contribution in [2.24, 2.45) is 0 Å². The van der Waals surface area contributed by atoms with Crippen molar-refractivity contribution in [3.63, 3.8) is 0 Å². The SMILES string of the molecule is Nc1cccc2c3ccccc3n(-c3ccccc3C3c4ccccc4-c4nc(-c5ccccc5)nc(-c5ccccc5)c43)c12. The highest BCUT2D eigenvalue weighted by Crippen LogP contribution is 2.52. The highest BCUT2D eigenvalue weighted by molar-refractivity contribution is 6.13. The smallest absolute Gasteiger partial charge is 0.160 e. The van der Waals surface area contributed by atoms with Crippen LogP contribution in [0.2, 0.25) is 0 Å². The number of nitrogens with zero attached hydrogens (tertiary/aromatic N) is 3. The zero-order valence-corrected chi connectivity index (χ0v) is 24.4. The lowest BCUT2D eigenvalue weighted by molar-refractivity contribution is 0.968. The monoisotopic (exact) mass is 576 g/mol. The number of fused-ring (bicyclic) bond motifs is 6. The first kappa shape index (κ1) is 25.5. The number of rotatable bonds is 4. The quantitative estimate of drug-likeness (QED) is 0.212. The van der Waals surface area contributed by atoms with Crippen LogP contribution in [0, 0.1) is 0 Å². The fourth-order valence-electron chi connectivity index (χ4n) is 7.15. The summed E-state index contributed by atoms with van der Waals surface area (Å²) in [5, 5.41) is 2.33. The molecule has 0 aliphatic heterocycles. The fraction of sp³-hybridized carbons (Fsp3) is 0.0244. The maximum absolute atomic E-state index is 6.75. The van der Waals surface area contributed by atoms with Gasteiger partial charge in [0.25, 0.3) is 0 Å². The third-order valence-corrected chi connectivity index (χ3v) is 9.06. The van der Waals surface area contributed by atoms with Crippen LogP contribution in [0.3, 0.4) is 0 Å². The van der Waals surface area contributed by atoms with Gasteiger partial charge in [0.2, 0.25) is 0 Å². The third-order valence-electron chi connectivity index (χ3n) is 9.06. The second-order valence-corrected chi connectivity index (χ2v) is 11.6. The molecule has 9 rings (SSSR count). The molecule has 8 aromatic rings. The number of para-hydroxylation sites is 3. The van der Waals surface area contributed by atoms with Gasteiger partial charge in [0.15, 0.2) is 5.82 Å². The van der Waals surface area contributed by atoms with Crippen molar-refractivity contribution in [1.82, 2.24) is 14.5 Å². The highest BCUT2D eigenvalue weighted by Gasteiger charge is 2.36. The standard InChI is InChI=1S/C41H28N4/c42-33-23-13-22-31-28-18-9-11-24-34(28)45(40(31)33)35-25-12-10-21-32(35)36-29-19-7-8-20-30(29)39-37(36)38(26-14-3-1-4-15-26)43-41(44-39)27-16-5-2-6-17-27/h1-25,36H,42H2. The molecule has 212 valence electrons. The summed E-state index contributed by atoms with van der Waals surface area (Å²) >= 11 is 0. The second-order valence-electron chi connectivity index (χ2n) is 11.6. The molecule has 0 radical (unpaired) electrons. The molecule has 0 bridgehead atoms. The maximum atomic E-state index is 6.75. The molecule has 0 fully saturated rings. The largest absolute Gasteiger partial charge is 0.397 e. The Morgan fingerprint density at radius 2 is 1.13 bits per heavy atom. The number of nitrogen functional groups attached to an aromatic ring is 1. The van der Waals surface area contributed by atoms with Crippen LogP contribution in [0.5, 0.6) is 0 Å². The van der Waals surface area contributed by atoms with Gasteiger partial charge in [0, 0.05) is 38.9 Å². The Balaban J connectivity index is 1.38. The molecule has 1 aliphatic rings. The van der Waals surface area contributed by atoms with Gasteiger partial charge in [-0.1, -0.05) is 133 Å². The van der Waals surface area contributed by atoms with Crippen molar-refractivity contribution in [2.75, 3.05) is 5.73 Å². The predicted molar refractivity (Wildman–Crippen MR) is 184 cm³/mol. The van der Waals surface area contributed by atoms with E-state index in [-0.39, 0.29) is 5.92 Å². The van der Waals surface area contributed by atoms with Gasteiger partial charge < -0.3 is 10.3 Å². The Morgan fingerprint density at radius 1 is 0.511 bits per heavy atom. The zero-order valence-electron chi connectivity index (χ0n) is 24.4. The topological polar surface area (TPSA) is 56.7 Å². The number of aromatic nitrogens is 3. The third kappa shape index (κ3) is 3.86. The Labute approximate surface area is 261 Å². The van der Waals surface area contributed by atoms with Crippen LogP contribution in [0.4, 0.5) is 5.69 Å². The van der Waals surface area contributed by atoms with Crippen molar-refractivity contribution in [2.45, 2.75) is 5.92 Å².